The van der Waals surface area contributed by atoms with Crippen molar-refractivity contribution in [1.82, 2.24) is 19.9 Å². The molecule has 6 heteroatoms. The van der Waals surface area contributed by atoms with Crippen molar-refractivity contribution in [2.75, 3.05) is 5.32 Å². The number of aromatic nitrogens is 4. The predicted molar refractivity (Wildman–Crippen MR) is 102 cm³/mol. The lowest BCUT2D eigenvalue weighted by atomic mass is 10.1. The second-order valence-electron chi connectivity index (χ2n) is 6.03. The van der Waals surface area contributed by atoms with Crippen LogP contribution in [-0.2, 0) is 6.54 Å². The van der Waals surface area contributed by atoms with E-state index in [0.29, 0.717) is 5.82 Å². The van der Waals surface area contributed by atoms with E-state index in [1.807, 2.05) is 30.5 Å². The molecule has 5 rings (SSSR count). The Morgan fingerprint density at radius 3 is 2.69 bits per heavy atom. The van der Waals surface area contributed by atoms with Gasteiger partial charge in [0, 0.05) is 42.3 Å². The Morgan fingerprint density at radius 2 is 1.77 bits per heavy atom. The van der Waals surface area contributed by atoms with Crippen LogP contribution in [-0.4, -0.2) is 26.2 Å². The van der Waals surface area contributed by atoms with Gasteiger partial charge in [-0.05, 0) is 41.5 Å². The van der Waals surface area contributed by atoms with Crippen LogP contribution in [0.15, 0.2) is 66.2 Å². The zero-order chi connectivity index (χ0) is 17.3. The predicted octanol–water partition coefficient (Wildman–Crippen LogP) is 3.76. The molecule has 0 bridgehead atoms. The first-order valence-corrected chi connectivity index (χ1v) is 8.29. The Labute approximate surface area is 149 Å². The van der Waals surface area contributed by atoms with Crippen molar-refractivity contribution in [3.63, 3.8) is 0 Å². The Bertz CT molecular complexity index is 1140. The zero-order valence-electron chi connectivity index (χ0n) is 13.8. The summed E-state index contributed by atoms with van der Waals surface area (Å²) in [7, 11) is 0. The monoisotopic (exact) mass is 338 g/mol. The van der Waals surface area contributed by atoms with Crippen molar-refractivity contribution in [2.24, 2.45) is 4.99 Å². The molecule has 1 aliphatic rings. The van der Waals surface area contributed by atoms with E-state index < -0.39 is 0 Å². The van der Waals surface area contributed by atoms with Crippen LogP contribution in [0.25, 0.3) is 22.3 Å². The van der Waals surface area contributed by atoms with Crippen LogP contribution in [0.3, 0.4) is 0 Å². The molecule has 0 unspecified atom stereocenters. The number of hydrogen-bond donors (Lipinski definition) is 1. The standard InChI is InChI=1S/C20H14N6/c1-2-16(9-15-11-23-10-14(1)15)24-20-17-12-22-8-5-18(17)25-19(26-20)13-3-6-21-7-4-13/h1-9,11-12H,10H2,(H,24,25,26). The number of hydrogen-bond acceptors (Lipinski definition) is 6. The smallest absolute Gasteiger partial charge is 0.162 e. The number of pyridine rings is 2. The van der Waals surface area contributed by atoms with Crippen LogP contribution < -0.4 is 5.32 Å². The summed E-state index contributed by atoms with van der Waals surface area (Å²) in [6, 6.07) is 11.9. The first-order chi connectivity index (χ1) is 12.9. The average molecular weight is 338 g/mol. The minimum Gasteiger partial charge on any atom is -0.340 e. The van der Waals surface area contributed by atoms with Gasteiger partial charge in [0.25, 0.3) is 0 Å². The molecule has 124 valence electrons. The van der Waals surface area contributed by atoms with Gasteiger partial charge in [0.1, 0.15) is 5.82 Å². The Balaban J connectivity index is 1.63. The lowest BCUT2D eigenvalue weighted by molar-refractivity contribution is 1.11. The molecule has 0 amide bonds. The van der Waals surface area contributed by atoms with Gasteiger partial charge in [0.05, 0.1) is 17.4 Å². The van der Waals surface area contributed by atoms with Gasteiger partial charge in [0.2, 0.25) is 0 Å². The number of anilines is 2. The first-order valence-electron chi connectivity index (χ1n) is 8.29. The molecule has 6 nitrogen and oxygen atoms in total. The summed E-state index contributed by atoms with van der Waals surface area (Å²) in [4.78, 5) is 22.0. The van der Waals surface area contributed by atoms with E-state index in [-0.39, 0.29) is 0 Å². The second-order valence-corrected chi connectivity index (χ2v) is 6.03. The molecular formula is C20H14N6. The summed E-state index contributed by atoms with van der Waals surface area (Å²) in [6.45, 7) is 0.752. The molecule has 0 spiro atoms. The average Bonchev–Trinajstić information content (AvgIpc) is 3.16. The van der Waals surface area contributed by atoms with E-state index in [2.05, 4.69) is 37.4 Å². The molecule has 0 radical (unpaired) electrons. The van der Waals surface area contributed by atoms with Crippen molar-refractivity contribution in [3.05, 3.63) is 72.3 Å². The van der Waals surface area contributed by atoms with E-state index in [4.69, 9.17) is 4.98 Å². The summed E-state index contributed by atoms with van der Waals surface area (Å²) >= 11 is 0. The minimum atomic E-state index is 0.649. The second kappa shape index (κ2) is 6.00. The topological polar surface area (TPSA) is 76.0 Å². The number of nitrogens with zero attached hydrogens (tertiary/aromatic N) is 5. The molecule has 1 N–H and O–H groups in total. The highest BCUT2D eigenvalue weighted by atomic mass is 15.0. The van der Waals surface area contributed by atoms with Gasteiger partial charge in [-0.1, -0.05) is 6.07 Å². The maximum atomic E-state index is 4.74. The Morgan fingerprint density at radius 1 is 0.885 bits per heavy atom. The van der Waals surface area contributed by atoms with E-state index in [1.165, 1.54) is 5.56 Å². The van der Waals surface area contributed by atoms with E-state index in [1.54, 1.807) is 24.8 Å². The molecule has 0 aliphatic carbocycles. The Kier molecular flexibility index (Phi) is 3.38. The highest BCUT2D eigenvalue weighted by molar-refractivity contribution is 5.92. The van der Waals surface area contributed by atoms with Gasteiger partial charge in [0.15, 0.2) is 5.82 Å². The summed E-state index contributed by atoms with van der Waals surface area (Å²) in [5.41, 5.74) is 5.10. The number of rotatable bonds is 3. The fourth-order valence-electron chi connectivity index (χ4n) is 3.01. The zero-order valence-corrected chi connectivity index (χ0v) is 13.8. The summed E-state index contributed by atoms with van der Waals surface area (Å²) < 4.78 is 0. The molecule has 26 heavy (non-hydrogen) atoms. The molecule has 3 aromatic heterocycles. The summed E-state index contributed by atoms with van der Waals surface area (Å²) in [6.07, 6.45) is 8.90. The molecule has 1 aromatic carbocycles. The molecule has 4 heterocycles. The van der Waals surface area contributed by atoms with Crippen molar-refractivity contribution < 1.29 is 0 Å². The first kappa shape index (κ1) is 14.7. The molecule has 0 saturated carbocycles. The van der Waals surface area contributed by atoms with Crippen molar-refractivity contribution in [2.45, 2.75) is 6.54 Å². The molecule has 0 atom stereocenters. The molecular weight excluding hydrogens is 324 g/mol. The van der Waals surface area contributed by atoms with Crippen LogP contribution in [0, 0.1) is 0 Å². The molecule has 1 aliphatic heterocycles. The largest absolute Gasteiger partial charge is 0.340 e. The number of benzene rings is 1. The lowest BCUT2D eigenvalue weighted by Crippen LogP contribution is -2.00. The third kappa shape index (κ3) is 2.57. The molecule has 0 saturated heterocycles. The SMILES string of the molecule is C1=NCc2ccc(Nc3nc(-c4ccncc4)nc4ccncc34)cc21. The lowest BCUT2D eigenvalue weighted by Gasteiger charge is -2.11. The Hall–Kier alpha value is -3.67. The van der Waals surface area contributed by atoms with Crippen LogP contribution in [0.2, 0.25) is 0 Å². The van der Waals surface area contributed by atoms with Crippen LogP contribution in [0.5, 0.6) is 0 Å². The third-order valence-corrected chi connectivity index (χ3v) is 4.34. The van der Waals surface area contributed by atoms with Crippen LogP contribution in [0.1, 0.15) is 11.1 Å². The highest BCUT2D eigenvalue weighted by Gasteiger charge is 2.12. The fraction of sp³-hybridized carbons (Fsp3) is 0.0500. The fourth-order valence-corrected chi connectivity index (χ4v) is 3.01. The van der Waals surface area contributed by atoms with Crippen molar-refractivity contribution >= 4 is 28.6 Å². The van der Waals surface area contributed by atoms with Gasteiger partial charge in [-0.15, -0.1) is 0 Å². The maximum absolute atomic E-state index is 4.74. The quantitative estimate of drug-likeness (QED) is 0.615. The van der Waals surface area contributed by atoms with Gasteiger partial charge in [-0.25, -0.2) is 9.97 Å². The van der Waals surface area contributed by atoms with Crippen molar-refractivity contribution in [3.8, 4) is 11.4 Å². The van der Waals surface area contributed by atoms with Crippen molar-refractivity contribution in [1.29, 1.82) is 0 Å². The highest BCUT2D eigenvalue weighted by Crippen LogP contribution is 2.28. The molecule has 0 fully saturated rings. The van der Waals surface area contributed by atoms with E-state index in [0.717, 1.165) is 40.1 Å². The number of fused-ring (bicyclic) bond motifs is 2. The van der Waals surface area contributed by atoms with Gasteiger partial charge in [-0.3, -0.25) is 15.0 Å². The van der Waals surface area contributed by atoms with Crippen LogP contribution >= 0.6 is 0 Å². The number of nitrogens with one attached hydrogen (secondary N) is 1. The van der Waals surface area contributed by atoms with Gasteiger partial charge in [-0.2, -0.15) is 0 Å². The van der Waals surface area contributed by atoms with Crippen LogP contribution in [0.4, 0.5) is 11.5 Å². The molecule has 4 aromatic rings. The third-order valence-electron chi connectivity index (χ3n) is 4.34. The number of aliphatic imine (C=N–C) groups is 1. The van der Waals surface area contributed by atoms with Gasteiger partial charge < -0.3 is 5.32 Å². The van der Waals surface area contributed by atoms with E-state index >= 15 is 0 Å². The normalized spacial score (nSPS) is 12.3. The van der Waals surface area contributed by atoms with Gasteiger partial charge >= 0.3 is 0 Å². The summed E-state index contributed by atoms with van der Waals surface area (Å²) in [5.74, 6) is 1.38. The minimum absolute atomic E-state index is 0.649. The summed E-state index contributed by atoms with van der Waals surface area (Å²) in [5, 5.41) is 4.29. The van der Waals surface area contributed by atoms with E-state index in [9.17, 15) is 0 Å². The maximum Gasteiger partial charge on any atom is 0.162 e.